The number of nitrogen functional groups attached to an aromatic ring is 1. The van der Waals surface area contributed by atoms with Crippen molar-refractivity contribution in [2.45, 2.75) is 25.7 Å². The maximum absolute atomic E-state index is 12.2. The van der Waals surface area contributed by atoms with Crippen LogP contribution in [0, 0.1) is 6.92 Å². The first-order valence-corrected chi connectivity index (χ1v) is 9.20. The molecule has 2 heterocycles. The molecule has 2 amide bonds. The van der Waals surface area contributed by atoms with Gasteiger partial charge in [0, 0.05) is 41.0 Å². The first kappa shape index (κ1) is 19.0. The largest absolute Gasteiger partial charge is 0.397 e. The van der Waals surface area contributed by atoms with E-state index in [1.807, 2.05) is 19.1 Å². The molecule has 4 N–H and O–H groups in total. The highest BCUT2D eigenvalue weighted by Gasteiger charge is 2.31. The van der Waals surface area contributed by atoms with Crippen LogP contribution >= 0.6 is 11.6 Å². The van der Waals surface area contributed by atoms with Crippen molar-refractivity contribution in [1.29, 1.82) is 0 Å². The summed E-state index contributed by atoms with van der Waals surface area (Å²) < 4.78 is 1.78. The van der Waals surface area contributed by atoms with Crippen LogP contribution in [-0.4, -0.2) is 34.4 Å². The summed E-state index contributed by atoms with van der Waals surface area (Å²) in [7, 11) is 0. The third kappa shape index (κ3) is 3.45. The Balaban J connectivity index is 2.10. The minimum atomic E-state index is -0.591. The number of primary amides is 1. The Labute approximate surface area is 163 Å². The molecule has 0 saturated carbocycles. The molecule has 1 saturated heterocycles. The van der Waals surface area contributed by atoms with E-state index in [0.29, 0.717) is 23.8 Å². The van der Waals surface area contributed by atoms with Crippen LogP contribution in [0.4, 0.5) is 5.69 Å². The number of aromatic nitrogens is 1. The summed E-state index contributed by atoms with van der Waals surface area (Å²) in [6.07, 6.45) is 3.07. The van der Waals surface area contributed by atoms with Crippen molar-refractivity contribution in [3.05, 3.63) is 58.9 Å². The van der Waals surface area contributed by atoms with E-state index >= 15 is 0 Å². The van der Waals surface area contributed by atoms with Crippen molar-refractivity contribution in [3.8, 4) is 5.69 Å². The number of halogens is 1. The third-order valence-electron chi connectivity index (χ3n) is 5.13. The predicted octanol–water partition coefficient (Wildman–Crippen LogP) is 3.01. The van der Waals surface area contributed by atoms with Gasteiger partial charge < -0.3 is 20.9 Å². The molecule has 2 aromatic rings. The van der Waals surface area contributed by atoms with Crippen LogP contribution in [0.1, 0.15) is 40.5 Å². The summed E-state index contributed by atoms with van der Waals surface area (Å²) in [5, 5.41) is 0.600. The normalized spacial score (nSPS) is 17.0. The number of likely N-dealkylation sites (tertiary alicyclic amines) is 1. The molecule has 0 radical (unpaired) electrons. The number of anilines is 1. The molecule has 7 heteroatoms. The molecule has 27 heavy (non-hydrogen) atoms. The number of nitrogens with two attached hydrogens (primary N) is 2. The van der Waals surface area contributed by atoms with Crippen molar-refractivity contribution in [1.82, 2.24) is 9.47 Å². The van der Waals surface area contributed by atoms with Gasteiger partial charge in [-0.3, -0.25) is 9.59 Å². The summed E-state index contributed by atoms with van der Waals surface area (Å²) in [4.78, 5) is 26.0. The average Bonchev–Trinajstić information content (AvgIpc) is 2.92. The van der Waals surface area contributed by atoms with Crippen LogP contribution in [0.15, 0.2) is 36.9 Å². The number of hydrogen-bond donors (Lipinski definition) is 2. The second kappa shape index (κ2) is 7.48. The molecular weight excluding hydrogens is 364 g/mol. The summed E-state index contributed by atoms with van der Waals surface area (Å²) in [5.41, 5.74) is 15.2. The smallest absolute Gasteiger partial charge is 0.267 e. The van der Waals surface area contributed by atoms with Crippen LogP contribution in [0.3, 0.4) is 0 Å². The lowest BCUT2D eigenvalue weighted by molar-refractivity contribution is -0.127. The molecule has 1 aliphatic heterocycles. The van der Waals surface area contributed by atoms with E-state index in [0.717, 1.165) is 29.8 Å². The maximum atomic E-state index is 12.2. The zero-order chi connectivity index (χ0) is 19.7. The number of carbonyl (C=O) groups is 2. The molecule has 1 fully saturated rings. The van der Waals surface area contributed by atoms with Crippen LogP contribution in [0.2, 0.25) is 5.02 Å². The van der Waals surface area contributed by atoms with E-state index in [4.69, 9.17) is 23.1 Å². The highest BCUT2D eigenvalue weighted by atomic mass is 35.5. The van der Waals surface area contributed by atoms with Crippen molar-refractivity contribution in [2.24, 2.45) is 5.73 Å². The van der Waals surface area contributed by atoms with Crippen molar-refractivity contribution in [2.75, 3.05) is 18.8 Å². The van der Waals surface area contributed by atoms with Crippen LogP contribution in [0.25, 0.3) is 5.69 Å². The van der Waals surface area contributed by atoms with Gasteiger partial charge in [0.05, 0.1) is 5.69 Å². The fraction of sp³-hybridized carbons (Fsp3) is 0.300. The van der Waals surface area contributed by atoms with E-state index in [2.05, 4.69) is 6.58 Å². The molecule has 1 aliphatic rings. The number of rotatable bonds is 4. The molecule has 6 nitrogen and oxygen atoms in total. The van der Waals surface area contributed by atoms with Crippen molar-refractivity contribution in [3.63, 3.8) is 0 Å². The Bertz CT molecular complexity index is 902. The van der Waals surface area contributed by atoms with Gasteiger partial charge >= 0.3 is 0 Å². The standard InChI is InChI=1S/C20H23ClN4O2/c1-3-16(26)24-10-4-5-13(11-24)17-12(2)25(19(18(17)22)20(23)27)15-8-6-14(21)7-9-15/h3,6-9,13H,1,4-5,10-11,22H2,2H3,(H2,23,27). The van der Waals surface area contributed by atoms with E-state index < -0.39 is 5.91 Å². The lowest BCUT2D eigenvalue weighted by atomic mass is 9.89. The van der Waals surface area contributed by atoms with Gasteiger partial charge in [0.1, 0.15) is 5.69 Å². The summed E-state index contributed by atoms with van der Waals surface area (Å²) in [6.45, 7) is 6.72. The SMILES string of the molecule is C=CC(=O)N1CCCC(c2c(N)c(C(N)=O)n(-c3ccc(Cl)cc3)c2C)C1. The second-order valence-electron chi connectivity index (χ2n) is 6.76. The van der Waals surface area contributed by atoms with Crippen molar-refractivity contribution >= 4 is 29.1 Å². The van der Waals surface area contributed by atoms with Gasteiger partial charge in [0.2, 0.25) is 5.91 Å². The van der Waals surface area contributed by atoms with E-state index in [-0.39, 0.29) is 17.5 Å². The Morgan fingerprint density at radius 3 is 2.56 bits per heavy atom. The summed E-state index contributed by atoms with van der Waals surface area (Å²) in [6, 6.07) is 7.14. The minimum Gasteiger partial charge on any atom is -0.397 e. The number of amides is 2. The van der Waals surface area contributed by atoms with Gasteiger partial charge in [0.25, 0.3) is 5.91 Å². The maximum Gasteiger partial charge on any atom is 0.267 e. The zero-order valence-corrected chi connectivity index (χ0v) is 16.0. The van der Waals surface area contributed by atoms with Gasteiger partial charge in [-0.2, -0.15) is 0 Å². The molecule has 1 aromatic heterocycles. The van der Waals surface area contributed by atoms with E-state index in [1.54, 1.807) is 21.6 Å². The van der Waals surface area contributed by atoms with Crippen LogP contribution < -0.4 is 11.5 Å². The third-order valence-corrected chi connectivity index (χ3v) is 5.38. The Morgan fingerprint density at radius 2 is 1.96 bits per heavy atom. The Hall–Kier alpha value is -2.73. The Morgan fingerprint density at radius 1 is 1.30 bits per heavy atom. The van der Waals surface area contributed by atoms with Crippen molar-refractivity contribution < 1.29 is 9.59 Å². The van der Waals surface area contributed by atoms with Gasteiger partial charge in [-0.05, 0) is 50.1 Å². The van der Waals surface area contributed by atoms with Gasteiger partial charge in [0.15, 0.2) is 0 Å². The fourth-order valence-electron chi connectivity index (χ4n) is 3.94. The van der Waals surface area contributed by atoms with Crippen LogP contribution in [0.5, 0.6) is 0 Å². The molecule has 142 valence electrons. The first-order valence-electron chi connectivity index (χ1n) is 8.82. The molecule has 1 atom stereocenters. The first-order chi connectivity index (χ1) is 12.8. The monoisotopic (exact) mass is 386 g/mol. The molecule has 0 bridgehead atoms. The fourth-order valence-corrected chi connectivity index (χ4v) is 4.07. The number of benzene rings is 1. The molecule has 0 aliphatic carbocycles. The van der Waals surface area contributed by atoms with E-state index in [9.17, 15) is 9.59 Å². The summed E-state index contributed by atoms with van der Waals surface area (Å²) >= 11 is 5.99. The second-order valence-corrected chi connectivity index (χ2v) is 7.20. The predicted molar refractivity (Wildman–Crippen MR) is 107 cm³/mol. The number of nitrogens with zero attached hydrogens (tertiary/aromatic N) is 2. The number of carbonyl (C=O) groups excluding carboxylic acids is 2. The lowest BCUT2D eigenvalue weighted by Gasteiger charge is -2.32. The average molecular weight is 387 g/mol. The molecule has 1 aromatic carbocycles. The lowest BCUT2D eigenvalue weighted by Crippen LogP contribution is -2.38. The molecule has 3 rings (SSSR count). The number of hydrogen-bond acceptors (Lipinski definition) is 3. The summed E-state index contributed by atoms with van der Waals surface area (Å²) in [5.74, 6) is -0.649. The van der Waals surface area contributed by atoms with E-state index in [1.165, 1.54) is 6.08 Å². The minimum absolute atomic E-state index is 0.0364. The molecule has 1 unspecified atom stereocenters. The highest BCUT2D eigenvalue weighted by molar-refractivity contribution is 6.30. The van der Waals surface area contributed by atoms with Gasteiger partial charge in [-0.25, -0.2) is 0 Å². The topological polar surface area (TPSA) is 94.3 Å². The zero-order valence-electron chi connectivity index (χ0n) is 15.2. The quantitative estimate of drug-likeness (QED) is 0.790. The number of piperidine rings is 1. The molecular formula is C20H23ClN4O2. The Kier molecular flexibility index (Phi) is 5.28. The molecule has 0 spiro atoms. The van der Waals surface area contributed by atoms with Crippen LogP contribution in [-0.2, 0) is 4.79 Å². The highest BCUT2D eigenvalue weighted by Crippen LogP contribution is 2.38. The van der Waals surface area contributed by atoms with Gasteiger partial charge in [-0.15, -0.1) is 0 Å². The van der Waals surface area contributed by atoms with Gasteiger partial charge in [-0.1, -0.05) is 18.2 Å².